The summed E-state index contributed by atoms with van der Waals surface area (Å²) in [6.07, 6.45) is 2.27. The zero-order chi connectivity index (χ0) is 12.8. The minimum Gasteiger partial charge on any atom is -0.303 e. The molecule has 2 aromatic rings. The molecule has 0 radical (unpaired) electrons. The normalized spacial score (nSPS) is 9.72. The van der Waals surface area contributed by atoms with Crippen LogP contribution in [0.15, 0.2) is 48.5 Å². The Labute approximate surface area is 107 Å². The van der Waals surface area contributed by atoms with Gasteiger partial charge in [-0.2, -0.15) is 0 Å². The number of rotatable bonds is 4. The molecular formula is C16H13NO. The van der Waals surface area contributed by atoms with Gasteiger partial charge in [0.25, 0.3) is 0 Å². The summed E-state index contributed by atoms with van der Waals surface area (Å²) in [6, 6.07) is 15.7. The van der Waals surface area contributed by atoms with Gasteiger partial charge in [0, 0.05) is 6.42 Å². The summed E-state index contributed by atoms with van der Waals surface area (Å²) in [7, 11) is 0. The highest BCUT2D eigenvalue weighted by Gasteiger charge is 2.00. The lowest BCUT2D eigenvalue weighted by atomic mass is 10.0. The van der Waals surface area contributed by atoms with Crippen molar-refractivity contribution in [1.82, 2.24) is 0 Å². The van der Waals surface area contributed by atoms with Crippen molar-refractivity contribution in [3.8, 4) is 11.1 Å². The number of aryl methyl sites for hydroxylation is 1. The van der Waals surface area contributed by atoms with Crippen LogP contribution in [0.2, 0.25) is 0 Å². The lowest BCUT2D eigenvalue weighted by Crippen LogP contribution is -1.87. The maximum atomic E-state index is 10.4. The summed E-state index contributed by atoms with van der Waals surface area (Å²) in [4.78, 5) is 13.8. The van der Waals surface area contributed by atoms with Crippen molar-refractivity contribution in [1.29, 1.82) is 0 Å². The smallest absolute Gasteiger partial charge is 0.187 e. The van der Waals surface area contributed by atoms with Gasteiger partial charge in [0.1, 0.15) is 6.29 Å². The number of hydrogen-bond acceptors (Lipinski definition) is 1. The van der Waals surface area contributed by atoms with Crippen LogP contribution in [0.4, 0.5) is 5.69 Å². The predicted molar refractivity (Wildman–Crippen MR) is 72.5 cm³/mol. The molecule has 2 aromatic carbocycles. The van der Waals surface area contributed by atoms with Crippen molar-refractivity contribution in [3.63, 3.8) is 0 Å². The average Bonchev–Trinajstić information content (AvgIpc) is 2.45. The van der Waals surface area contributed by atoms with Gasteiger partial charge in [-0.25, -0.2) is 4.85 Å². The molecule has 0 heterocycles. The highest BCUT2D eigenvalue weighted by atomic mass is 16.1. The predicted octanol–water partition coefficient (Wildman–Crippen LogP) is 4.04. The van der Waals surface area contributed by atoms with E-state index in [1.165, 1.54) is 0 Å². The van der Waals surface area contributed by atoms with E-state index < -0.39 is 0 Å². The largest absolute Gasteiger partial charge is 0.303 e. The van der Waals surface area contributed by atoms with E-state index in [2.05, 4.69) is 10.9 Å². The molecular weight excluding hydrogens is 222 g/mol. The first-order valence-electron chi connectivity index (χ1n) is 5.84. The van der Waals surface area contributed by atoms with E-state index in [1.54, 1.807) is 0 Å². The van der Waals surface area contributed by atoms with Gasteiger partial charge in [-0.1, -0.05) is 48.5 Å². The maximum absolute atomic E-state index is 10.4. The Bertz CT molecular complexity index is 579. The molecule has 0 unspecified atom stereocenters. The van der Waals surface area contributed by atoms with Crippen LogP contribution in [0.1, 0.15) is 12.0 Å². The Morgan fingerprint density at radius 3 is 2.50 bits per heavy atom. The Morgan fingerprint density at radius 2 is 1.83 bits per heavy atom. The second kappa shape index (κ2) is 5.79. The summed E-state index contributed by atoms with van der Waals surface area (Å²) in [6.45, 7) is 6.92. The number of carbonyl (C=O) groups is 1. The van der Waals surface area contributed by atoms with Gasteiger partial charge in [-0.05, 0) is 23.1 Å². The molecule has 0 N–H and O–H groups in total. The summed E-state index contributed by atoms with van der Waals surface area (Å²) in [5, 5.41) is 0. The second-order valence-corrected chi connectivity index (χ2v) is 4.06. The van der Waals surface area contributed by atoms with Gasteiger partial charge in [0.15, 0.2) is 5.69 Å². The number of carbonyl (C=O) groups excluding carboxylic acids is 1. The Hall–Kier alpha value is -2.40. The van der Waals surface area contributed by atoms with Gasteiger partial charge in [-0.15, -0.1) is 0 Å². The fraction of sp³-hybridized carbons (Fsp3) is 0.125. The van der Waals surface area contributed by atoms with Crippen LogP contribution in [-0.4, -0.2) is 6.29 Å². The summed E-state index contributed by atoms with van der Waals surface area (Å²) in [5.74, 6) is 0. The van der Waals surface area contributed by atoms with Gasteiger partial charge in [0.05, 0.1) is 6.57 Å². The molecule has 0 spiro atoms. The van der Waals surface area contributed by atoms with Gasteiger partial charge >= 0.3 is 0 Å². The Morgan fingerprint density at radius 1 is 1.06 bits per heavy atom. The first-order valence-corrected chi connectivity index (χ1v) is 5.84. The van der Waals surface area contributed by atoms with Gasteiger partial charge in [-0.3, -0.25) is 0 Å². The van der Waals surface area contributed by atoms with Crippen LogP contribution in [0, 0.1) is 6.57 Å². The Kier molecular flexibility index (Phi) is 3.88. The summed E-state index contributed by atoms with van der Waals surface area (Å²) in [5.41, 5.74) is 4.02. The lowest BCUT2D eigenvalue weighted by molar-refractivity contribution is -0.107. The summed E-state index contributed by atoms with van der Waals surface area (Å²) >= 11 is 0. The van der Waals surface area contributed by atoms with Crippen molar-refractivity contribution in [2.45, 2.75) is 12.8 Å². The molecule has 88 valence electrons. The number of benzene rings is 2. The highest BCUT2D eigenvalue weighted by Crippen LogP contribution is 2.23. The molecule has 0 saturated carbocycles. The quantitative estimate of drug-likeness (QED) is 0.579. The maximum Gasteiger partial charge on any atom is 0.187 e. The standard InChI is InChI=1S/C16H13NO/c1-17-16-9-7-14(8-10-16)15-6-2-4-13(12-15)5-3-11-18/h2,4,6-12H,3,5H2. The van der Waals surface area contributed by atoms with Crippen LogP contribution in [-0.2, 0) is 11.2 Å². The molecule has 0 atom stereocenters. The van der Waals surface area contributed by atoms with Gasteiger partial charge in [0.2, 0.25) is 0 Å². The van der Waals surface area contributed by atoms with E-state index in [0.717, 1.165) is 29.4 Å². The van der Waals surface area contributed by atoms with Crippen molar-refractivity contribution in [2.24, 2.45) is 0 Å². The van der Waals surface area contributed by atoms with Crippen LogP contribution in [0.3, 0.4) is 0 Å². The number of nitrogens with zero attached hydrogens (tertiary/aromatic N) is 1. The van der Waals surface area contributed by atoms with E-state index in [-0.39, 0.29) is 0 Å². The zero-order valence-electron chi connectivity index (χ0n) is 9.97. The topological polar surface area (TPSA) is 21.4 Å². The van der Waals surface area contributed by atoms with Crippen molar-refractivity contribution >= 4 is 12.0 Å². The van der Waals surface area contributed by atoms with E-state index in [0.29, 0.717) is 12.1 Å². The minimum absolute atomic E-state index is 0.556. The highest BCUT2D eigenvalue weighted by molar-refractivity contribution is 5.67. The van der Waals surface area contributed by atoms with E-state index in [1.807, 2.05) is 42.5 Å². The molecule has 0 aliphatic heterocycles. The van der Waals surface area contributed by atoms with E-state index in [4.69, 9.17) is 6.57 Å². The van der Waals surface area contributed by atoms with Crippen LogP contribution >= 0.6 is 0 Å². The molecule has 0 aliphatic carbocycles. The van der Waals surface area contributed by atoms with Crippen molar-refractivity contribution in [2.75, 3.05) is 0 Å². The minimum atomic E-state index is 0.556. The third-order valence-electron chi connectivity index (χ3n) is 2.81. The monoisotopic (exact) mass is 235 g/mol. The molecule has 0 bridgehead atoms. The fourth-order valence-corrected chi connectivity index (χ4v) is 1.86. The number of aldehydes is 1. The van der Waals surface area contributed by atoms with E-state index in [9.17, 15) is 4.79 Å². The lowest BCUT2D eigenvalue weighted by Gasteiger charge is -2.04. The van der Waals surface area contributed by atoms with Crippen molar-refractivity contribution in [3.05, 3.63) is 65.5 Å². The molecule has 0 fully saturated rings. The van der Waals surface area contributed by atoms with Crippen LogP contribution < -0.4 is 0 Å². The van der Waals surface area contributed by atoms with Crippen LogP contribution in [0.5, 0.6) is 0 Å². The third-order valence-corrected chi connectivity index (χ3v) is 2.81. The molecule has 0 aromatic heterocycles. The SMILES string of the molecule is [C-]#[N+]c1ccc(-c2cccc(CCC=O)c2)cc1. The molecule has 2 nitrogen and oxygen atoms in total. The van der Waals surface area contributed by atoms with Crippen LogP contribution in [0.25, 0.3) is 16.0 Å². The average molecular weight is 235 g/mol. The van der Waals surface area contributed by atoms with Gasteiger partial charge < -0.3 is 4.79 Å². The summed E-state index contributed by atoms with van der Waals surface area (Å²) < 4.78 is 0. The first kappa shape index (κ1) is 12.1. The molecule has 0 aliphatic rings. The first-order chi connectivity index (χ1) is 8.83. The number of hydrogen-bond donors (Lipinski definition) is 0. The molecule has 2 heteroatoms. The zero-order valence-corrected chi connectivity index (χ0v) is 9.97. The third kappa shape index (κ3) is 2.83. The van der Waals surface area contributed by atoms with E-state index >= 15 is 0 Å². The fourth-order valence-electron chi connectivity index (χ4n) is 1.86. The Balaban J connectivity index is 2.26. The second-order valence-electron chi connectivity index (χ2n) is 4.06. The molecule has 0 saturated heterocycles. The molecule has 2 rings (SSSR count). The van der Waals surface area contributed by atoms with Crippen molar-refractivity contribution < 1.29 is 4.79 Å². The molecule has 0 amide bonds. The molecule has 18 heavy (non-hydrogen) atoms.